The van der Waals surface area contributed by atoms with Crippen LogP contribution in [0, 0.1) is 17.0 Å². The first-order chi connectivity index (χ1) is 8.42. The number of nitrogens with zero attached hydrogens (tertiary/aromatic N) is 2. The topological polar surface area (TPSA) is 125 Å². The smallest absolute Gasteiger partial charge is 0.386 e. The highest BCUT2D eigenvalue weighted by Crippen LogP contribution is 2.31. The SMILES string of the molecule is Cc1nc(OC(F)(F)F)c(S(N)(=O)=O)cc1[N+](=O)[O-]. The summed E-state index contributed by atoms with van der Waals surface area (Å²) < 4.78 is 61.8. The highest BCUT2D eigenvalue weighted by atomic mass is 32.2. The maximum Gasteiger partial charge on any atom is 0.574 e. The van der Waals surface area contributed by atoms with E-state index in [1.807, 2.05) is 0 Å². The summed E-state index contributed by atoms with van der Waals surface area (Å²) in [7, 11) is -4.67. The Hall–Kier alpha value is -1.95. The van der Waals surface area contributed by atoms with E-state index in [-0.39, 0.29) is 0 Å². The maximum absolute atomic E-state index is 12.1. The lowest BCUT2D eigenvalue weighted by molar-refractivity contribution is -0.386. The van der Waals surface area contributed by atoms with Crippen LogP contribution in [-0.2, 0) is 10.0 Å². The molecular formula is C7H6F3N3O5S. The number of hydrogen-bond donors (Lipinski definition) is 1. The number of aromatic nitrogens is 1. The van der Waals surface area contributed by atoms with Crippen molar-refractivity contribution in [2.75, 3.05) is 0 Å². The first kappa shape index (κ1) is 15.1. The van der Waals surface area contributed by atoms with Crippen molar-refractivity contribution < 1.29 is 31.2 Å². The summed E-state index contributed by atoms with van der Waals surface area (Å²) in [6.07, 6.45) is -5.21. The van der Waals surface area contributed by atoms with Gasteiger partial charge in [-0.2, -0.15) is 0 Å². The van der Waals surface area contributed by atoms with E-state index in [2.05, 4.69) is 14.9 Å². The molecule has 1 heterocycles. The van der Waals surface area contributed by atoms with Crippen LogP contribution in [0.4, 0.5) is 18.9 Å². The molecule has 0 aliphatic rings. The van der Waals surface area contributed by atoms with Gasteiger partial charge in [0.1, 0.15) is 5.69 Å². The number of hydrogen-bond acceptors (Lipinski definition) is 6. The quantitative estimate of drug-likeness (QED) is 0.651. The van der Waals surface area contributed by atoms with Crippen LogP contribution in [0.2, 0.25) is 0 Å². The molecule has 0 aromatic carbocycles. The monoisotopic (exact) mass is 301 g/mol. The van der Waals surface area contributed by atoms with E-state index in [1.165, 1.54) is 0 Å². The largest absolute Gasteiger partial charge is 0.574 e. The Bertz CT molecular complexity index is 628. The molecule has 106 valence electrons. The zero-order chi connectivity index (χ0) is 15.0. The van der Waals surface area contributed by atoms with Crippen molar-refractivity contribution >= 4 is 15.7 Å². The number of nitro groups is 1. The Morgan fingerprint density at radius 1 is 1.47 bits per heavy atom. The molecule has 0 saturated carbocycles. The van der Waals surface area contributed by atoms with Crippen LogP contribution in [0.1, 0.15) is 5.69 Å². The molecule has 0 radical (unpaired) electrons. The molecular weight excluding hydrogens is 295 g/mol. The van der Waals surface area contributed by atoms with Gasteiger partial charge in [-0.1, -0.05) is 0 Å². The predicted octanol–water partition coefficient (Wildman–Crippen LogP) is 0.844. The molecule has 8 nitrogen and oxygen atoms in total. The highest BCUT2D eigenvalue weighted by molar-refractivity contribution is 7.89. The molecule has 0 fully saturated rings. The summed E-state index contributed by atoms with van der Waals surface area (Å²) in [6, 6.07) is 0.360. The second-order valence-electron chi connectivity index (χ2n) is 3.25. The molecule has 19 heavy (non-hydrogen) atoms. The van der Waals surface area contributed by atoms with E-state index in [1.54, 1.807) is 0 Å². The van der Waals surface area contributed by atoms with Crippen LogP contribution in [-0.4, -0.2) is 24.7 Å². The lowest BCUT2D eigenvalue weighted by Gasteiger charge is -2.11. The van der Waals surface area contributed by atoms with Crippen molar-refractivity contribution in [2.24, 2.45) is 5.14 Å². The second kappa shape index (κ2) is 4.62. The third kappa shape index (κ3) is 3.75. The Morgan fingerprint density at radius 2 is 2.00 bits per heavy atom. The summed E-state index contributed by atoms with van der Waals surface area (Å²) >= 11 is 0. The van der Waals surface area contributed by atoms with Crippen molar-refractivity contribution in [1.29, 1.82) is 0 Å². The number of rotatable bonds is 3. The zero-order valence-corrected chi connectivity index (χ0v) is 9.95. The van der Waals surface area contributed by atoms with Crippen LogP contribution in [0.3, 0.4) is 0 Å². The van der Waals surface area contributed by atoms with Gasteiger partial charge in [0.25, 0.3) is 5.69 Å². The number of alkyl halides is 3. The van der Waals surface area contributed by atoms with Gasteiger partial charge in [-0.25, -0.2) is 18.5 Å². The molecule has 0 unspecified atom stereocenters. The van der Waals surface area contributed by atoms with Gasteiger partial charge in [-0.05, 0) is 6.92 Å². The van der Waals surface area contributed by atoms with Crippen molar-refractivity contribution in [3.63, 3.8) is 0 Å². The number of primary sulfonamides is 1. The van der Waals surface area contributed by atoms with Gasteiger partial charge in [0.2, 0.25) is 15.9 Å². The van der Waals surface area contributed by atoms with E-state index in [9.17, 15) is 31.7 Å². The van der Waals surface area contributed by atoms with Gasteiger partial charge in [-0.3, -0.25) is 10.1 Å². The average Bonchev–Trinajstić information content (AvgIpc) is 2.11. The molecule has 12 heteroatoms. The van der Waals surface area contributed by atoms with E-state index in [4.69, 9.17) is 0 Å². The summed E-state index contributed by atoms with van der Waals surface area (Å²) in [6.45, 7) is 1.02. The Kier molecular flexibility index (Phi) is 3.67. The predicted molar refractivity (Wildman–Crippen MR) is 53.7 cm³/mol. The van der Waals surface area contributed by atoms with Crippen molar-refractivity contribution in [3.8, 4) is 5.88 Å². The highest BCUT2D eigenvalue weighted by Gasteiger charge is 2.36. The van der Waals surface area contributed by atoms with E-state index in [0.29, 0.717) is 6.07 Å². The fourth-order valence-electron chi connectivity index (χ4n) is 1.13. The van der Waals surface area contributed by atoms with Crippen LogP contribution < -0.4 is 9.88 Å². The Balaban J connectivity index is 3.55. The summed E-state index contributed by atoms with van der Waals surface area (Å²) in [5, 5.41) is 15.2. The maximum atomic E-state index is 12.1. The number of ether oxygens (including phenoxy) is 1. The minimum Gasteiger partial charge on any atom is -0.386 e. The van der Waals surface area contributed by atoms with Crippen LogP contribution >= 0.6 is 0 Å². The van der Waals surface area contributed by atoms with E-state index < -0.39 is 43.5 Å². The number of nitrogens with two attached hydrogens (primary N) is 1. The lowest BCUT2D eigenvalue weighted by Crippen LogP contribution is -2.22. The summed E-state index contributed by atoms with van der Waals surface area (Å²) in [4.78, 5) is 11.4. The molecule has 1 aromatic rings. The molecule has 0 bridgehead atoms. The summed E-state index contributed by atoms with van der Waals surface area (Å²) in [5.41, 5.74) is -1.24. The number of sulfonamides is 1. The molecule has 0 atom stereocenters. The van der Waals surface area contributed by atoms with E-state index >= 15 is 0 Å². The number of pyridine rings is 1. The first-order valence-electron chi connectivity index (χ1n) is 4.36. The van der Waals surface area contributed by atoms with E-state index in [0.717, 1.165) is 6.92 Å². The summed E-state index contributed by atoms with van der Waals surface area (Å²) in [5.74, 6) is -1.36. The third-order valence-electron chi connectivity index (χ3n) is 1.83. The van der Waals surface area contributed by atoms with Gasteiger partial charge in [-0.15, -0.1) is 13.2 Å². The standard InChI is InChI=1S/C7H6F3N3O5S/c1-3-4(13(14)15)2-5(19(11,16)17)6(12-3)18-7(8,9)10/h2H,1H3,(H2,11,16,17). The molecule has 0 aliphatic heterocycles. The Labute approximate surface area is 104 Å². The average molecular weight is 301 g/mol. The third-order valence-corrected chi connectivity index (χ3v) is 2.74. The molecule has 1 rings (SSSR count). The van der Waals surface area contributed by atoms with Gasteiger partial charge < -0.3 is 4.74 Å². The number of halogens is 3. The van der Waals surface area contributed by atoms with Gasteiger partial charge >= 0.3 is 6.36 Å². The zero-order valence-electron chi connectivity index (χ0n) is 9.13. The minimum absolute atomic E-state index is 0.360. The van der Waals surface area contributed by atoms with Crippen LogP contribution in [0.25, 0.3) is 0 Å². The van der Waals surface area contributed by atoms with Crippen molar-refractivity contribution in [2.45, 2.75) is 18.2 Å². The first-order valence-corrected chi connectivity index (χ1v) is 5.91. The molecule has 1 aromatic heterocycles. The lowest BCUT2D eigenvalue weighted by atomic mass is 10.3. The molecule has 0 spiro atoms. The van der Waals surface area contributed by atoms with Gasteiger partial charge in [0.15, 0.2) is 4.90 Å². The molecule has 0 amide bonds. The molecule has 0 saturated heterocycles. The van der Waals surface area contributed by atoms with Gasteiger partial charge in [0, 0.05) is 6.07 Å². The minimum atomic E-state index is -5.21. The second-order valence-corrected chi connectivity index (χ2v) is 4.78. The van der Waals surface area contributed by atoms with Crippen molar-refractivity contribution in [1.82, 2.24) is 4.98 Å². The van der Waals surface area contributed by atoms with Crippen molar-refractivity contribution in [3.05, 3.63) is 21.9 Å². The van der Waals surface area contributed by atoms with Crippen LogP contribution in [0.15, 0.2) is 11.0 Å². The molecule has 0 aliphatic carbocycles. The fourth-order valence-corrected chi connectivity index (χ4v) is 1.73. The Morgan fingerprint density at radius 3 is 2.37 bits per heavy atom. The molecule has 2 N–H and O–H groups in total. The van der Waals surface area contributed by atoms with Gasteiger partial charge in [0.05, 0.1) is 4.92 Å². The number of aryl methyl sites for hydroxylation is 1. The van der Waals surface area contributed by atoms with Crippen LogP contribution in [0.5, 0.6) is 5.88 Å². The fraction of sp³-hybridized carbons (Fsp3) is 0.286. The normalized spacial score (nSPS) is 12.3.